The highest BCUT2D eigenvalue weighted by atomic mass is 127. The lowest BCUT2D eigenvalue weighted by Gasteiger charge is -2.33. The van der Waals surface area contributed by atoms with E-state index in [2.05, 4.69) is 37.3 Å². The van der Waals surface area contributed by atoms with Crippen molar-refractivity contribution in [1.29, 1.82) is 0 Å². The number of hydrogen-bond acceptors (Lipinski definition) is 4. The second kappa shape index (κ2) is 12.0. The van der Waals surface area contributed by atoms with Gasteiger partial charge in [0.15, 0.2) is 5.96 Å². The van der Waals surface area contributed by atoms with E-state index in [1.54, 1.807) is 6.20 Å². The fourth-order valence-corrected chi connectivity index (χ4v) is 4.29. The fraction of sp³-hybridized carbons (Fsp3) is 0.700. The molecule has 28 heavy (non-hydrogen) atoms. The number of rotatable bonds is 6. The van der Waals surface area contributed by atoms with Crippen molar-refractivity contribution in [2.75, 3.05) is 44.7 Å². The third kappa shape index (κ3) is 6.62. The Balaban J connectivity index is 0.00000280. The molecule has 2 saturated heterocycles. The number of nitrogens with zero attached hydrogens (tertiary/aromatic N) is 4. The van der Waals surface area contributed by atoms with Crippen LogP contribution in [0.1, 0.15) is 39.0 Å². The van der Waals surface area contributed by atoms with Gasteiger partial charge in [-0.3, -0.25) is 4.99 Å². The fourth-order valence-electron chi connectivity index (χ4n) is 4.05. The molecule has 0 aromatic carbocycles. The van der Waals surface area contributed by atoms with Crippen LogP contribution in [0.3, 0.4) is 0 Å². The molecule has 158 valence electrons. The summed E-state index contributed by atoms with van der Waals surface area (Å²) in [7, 11) is 1.84. The van der Waals surface area contributed by atoms with Crippen molar-refractivity contribution in [1.82, 2.24) is 20.5 Å². The van der Waals surface area contributed by atoms with E-state index in [1.165, 1.54) is 32.4 Å². The van der Waals surface area contributed by atoms with Crippen LogP contribution in [0.5, 0.6) is 0 Å². The molecule has 0 aliphatic carbocycles. The van der Waals surface area contributed by atoms with Crippen LogP contribution in [-0.2, 0) is 0 Å². The Labute approximate surface area is 191 Å². The van der Waals surface area contributed by atoms with Crippen LogP contribution < -0.4 is 15.5 Å². The quantitative estimate of drug-likeness (QED) is 0.261. The van der Waals surface area contributed by atoms with Gasteiger partial charge in [-0.2, -0.15) is 0 Å². The van der Waals surface area contributed by atoms with E-state index in [1.807, 2.05) is 19.2 Å². The van der Waals surface area contributed by atoms with Crippen LogP contribution in [0.15, 0.2) is 23.3 Å². The number of hydrogen-bond donors (Lipinski definition) is 2. The lowest BCUT2D eigenvalue weighted by molar-refractivity contribution is 0.159. The van der Waals surface area contributed by atoms with Crippen molar-refractivity contribution in [2.45, 2.75) is 51.1 Å². The minimum Gasteiger partial charge on any atom is -0.356 e. The second-order valence-electron chi connectivity index (χ2n) is 7.62. The Morgan fingerprint density at radius 3 is 2.93 bits per heavy atom. The average molecular weight is 521 g/mol. The van der Waals surface area contributed by atoms with Gasteiger partial charge in [-0.15, -0.1) is 24.0 Å². The van der Waals surface area contributed by atoms with Crippen LogP contribution in [0.2, 0.25) is 5.02 Å². The van der Waals surface area contributed by atoms with Crippen LogP contribution in [0.4, 0.5) is 5.82 Å². The van der Waals surface area contributed by atoms with Crippen LogP contribution in [-0.4, -0.2) is 67.7 Å². The molecule has 3 heterocycles. The van der Waals surface area contributed by atoms with E-state index in [0.29, 0.717) is 11.1 Å². The summed E-state index contributed by atoms with van der Waals surface area (Å²) in [5.74, 6) is 1.77. The maximum atomic E-state index is 6.28. The van der Waals surface area contributed by atoms with Crippen molar-refractivity contribution < 1.29 is 0 Å². The number of pyridine rings is 1. The number of nitrogens with one attached hydrogen (secondary N) is 2. The number of halogens is 2. The largest absolute Gasteiger partial charge is 0.356 e. The normalized spacial score (nSPS) is 23.4. The minimum atomic E-state index is 0. The lowest BCUT2D eigenvalue weighted by atomic mass is 10.0. The first-order valence-corrected chi connectivity index (χ1v) is 10.6. The van der Waals surface area contributed by atoms with Gasteiger partial charge in [-0.1, -0.05) is 18.0 Å². The van der Waals surface area contributed by atoms with Gasteiger partial charge in [0, 0.05) is 51.5 Å². The van der Waals surface area contributed by atoms with Crippen LogP contribution in [0.25, 0.3) is 0 Å². The van der Waals surface area contributed by atoms with E-state index in [9.17, 15) is 0 Å². The zero-order valence-corrected chi connectivity index (χ0v) is 20.1. The Morgan fingerprint density at radius 1 is 1.32 bits per heavy atom. The molecule has 2 atom stereocenters. The first kappa shape index (κ1) is 23.5. The topological polar surface area (TPSA) is 55.8 Å². The van der Waals surface area contributed by atoms with Gasteiger partial charge >= 0.3 is 0 Å². The van der Waals surface area contributed by atoms with Crippen molar-refractivity contribution in [3.8, 4) is 0 Å². The number of aromatic nitrogens is 1. The molecule has 2 aliphatic heterocycles. The Bertz CT molecular complexity index is 628. The van der Waals surface area contributed by atoms with Gasteiger partial charge in [0.1, 0.15) is 5.82 Å². The number of likely N-dealkylation sites (tertiary alicyclic amines) is 1. The molecular weight excluding hydrogens is 487 g/mol. The minimum absolute atomic E-state index is 0. The highest BCUT2D eigenvalue weighted by Gasteiger charge is 2.25. The number of anilines is 1. The molecule has 3 rings (SSSR count). The predicted octanol–water partition coefficient (Wildman–Crippen LogP) is 3.36. The molecule has 0 spiro atoms. The van der Waals surface area contributed by atoms with E-state index < -0.39 is 0 Å². The van der Waals surface area contributed by atoms with Crippen LogP contribution >= 0.6 is 35.6 Å². The Kier molecular flexibility index (Phi) is 10.1. The molecule has 0 saturated carbocycles. The number of guanidine groups is 1. The summed E-state index contributed by atoms with van der Waals surface area (Å²) in [6, 6.07) is 4.86. The predicted molar refractivity (Wildman–Crippen MR) is 129 cm³/mol. The summed E-state index contributed by atoms with van der Waals surface area (Å²) in [6.07, 6.45) is 8.07. The van der Waals surface area contributed by atoms with E-state index in [4.69, 9.17) is 11.6 Å². The molecule has 2 aliphatic rings. The SMILES string of the molecule is CN=C(NCCCN1CCCCC1C)NC1CCN(c2ncccc2Cl)C1.I. The molecule has 2 N–H and O–H groups in total. The van der Waals surface area contributed by atoms with Crippen molar-refractivity contribution in [3.05, 3.63) is 23.4 Å². The molecule has 0 radical (unpaired) electrons. The van der Waals surface area contributed by atoms with Gasteiger partial charge in [0.05, 0.1) is 5.02 Å². The van der Waals surface area contributed by atoms with Gasteiger partial charge in [-0.25, -0.2) is 4.98 Å². The third-order valence-corrected chi connectivity index (χ3v) is 5.94. The lowest BCUT2D eigenvalue weighted by Crippen LogP contribution is -2.45. The molecular formula is C20H34ClIN6. The average Bonchev–Trinajstić information content (AvgIpc) is 3.14. The molecule has 1 aromatic rings. The van der Waals surface area contributed by atoms with E-state index in [0.717, 1.165) is 50.3 Å². The Morgan fingerprint density at radius 2 is 2.18 bits per heavy atom. The van der Waals surface area contributed by atoms with Gasteiger partial charge in [0.2, 0.25) is 0 Å². The van der Waals surface area contributed by atoms with Gasteiger partial charge in [-0.05, 0) is 51.3 Å². The highest BCUT2D eigenvalue weighted by molar-refractivity contribution is 14.0. The van der Waals surface area contributed by atoms with E-state index in [-0.39, 0.29) is 24.0 Å². The zero-order valence-electron chi connectivity index (χ0n) is 17.0. The molecule has 0 bridgehead atoms. The maximum Gasteiger partial charge on any atom is 0.191 e. The first-order valence-electron chi connectivity index (χ1n) is 10.2. The first-order chi connectivity index (χ1) is 13.2. The van der Waals surface area contributed by atoms with Crippen molar-refractivity contribution in [2.24, 2.45) is 4.99 Å². The smallest absolute Gasteiger partial charge is 0.191 e. The Hall–Kier alpha value is -0.800. The molecule has 8 heteroatoms. The highest BCUT2D eigenvalue weighted by Crippen LogP contribution is 2.25. The molecule has 2 fully saturated rings. The van der Waals surface area contributed by atoms with E-state index >= 15 is 0 Å². The maximum absolute atomic E-state index is 6.28. The summed E-state index contributed by atoms with van der Waals surface area (Å²) in [5, 5.41) is 7.73. The monoisotopic (exact) mass is 520 g/mol. The summed E-state index contributed by atoms with van der Waals surface area (Å²) >= 11 is 6.28. The summed E-state index contributed by atoms with van der Waals surface area (Å²) in [5.41, 5.74) is 0. The molecule has 6 nitrogen and oxygen atoms in total. The molecule has 0 amide bonds. The second-order valence-corrected chi connectivity index (χ2v) is 8.03. The summed E-state index contributed by atoms with van der Waals surface area (Å²) in [4.78, 5) is 13.7. The van der Waals surface area contributed by atoms with Crippen molar-refractivity contribution >= 4 is 47.4 Å². The van der Waals surface area contributed by atoms with Crippen LogP contribution in [0, 0.1) is 0 Å². The summed E-state index contributed by atoms with van der Waals surface area (Å²) in [6.45, 7) is 7.57. The standard InChI is InChI=1S/C20H33ClN6.HI/c1-16-7-3-4-12-26(16)13-6-11-24-20(22-2)25-17-9-14-27(15-17)19-18(21)8-5-10-23-19;/h5,8,10,16-17H,3-4,6-7,9,11-15H2,1-2H3,(H2,22,24,25);1H. The van der Waals surface area contributed by atoms with Gasteiger partial charge in [0.25, 0.3) is 0 Å². The number of piperidine rings is 1. The molecule has 1 aromatic heterocycles. The van der Waals surface area contributed by atoms with Gasteiger partial charge < -0.3 is 20.4 Å². The number of aliphatic imine (C=N–C) groups is 1. The third-order valence-electron chi connectivity index (χ3n) is 5.65. The zero-order chi connectivity index (χ0) is 19.1. The molecule has 2 unspecified atom stereocenters. The van der Waals surface area contributed by atoms with Crippen molar-refractivity contribution in [3.63, 3.8) is 0 Å². The summed E-state index contributed by atoms with van der Waals surface area (Å²) < 4.78 is 0.